The van der Waals surface area contributed by atoms with Crippen molar-refractivity contribution in [2.75, 3.05) is 32.0 Å². The van der Waals surface area contributed by atoms with Crippen LogP contribution >= 0.6 is 0 Å². The van der Waals surface area contributed by atoms with Crippen molar-refractivity contribution in [2.45, 2.75) is 51.4 Å². The van der Waals surface area contributed by atoms with E-state index < -0.39 is 0 Å². The number of carbonyl (C=O) groups excluding carboxylic acids is 2. The van der Waals surface area contributed by atoms with Gasteiger partial charge in [-0.25, -0.2) is 4.79 Å². The highest BCUT2D eigenvalue weighted by atomic mass is 16.2. The smallest absolute Gasteiger partial charge is 0.321 e. The maximum absolute atomic E-state index is 12.4. The van der Waals surface area contributed by atoms with Gasteiger partial charge in [-0.15, -0.1) is 0 Å². The lowest BCUT2D eigenvalue weighted by Gasteiger charge is -2.23. The van der Waals surface area contributed by atoms with E-state index in [9.17, 15) is 9.59 Å². The normalized spacial score (nSPS) is 21.1. The molecular formula is C21H31N3O2. The number of nitrogens with zero attached hydrogens (tertiary/aromatic N) is 2. The molecule has 0 bridgehead atoms. The number of anilines is 1. The van der Waals surface area contributed by atoms with E-state index in [0.717, 1.165) is 18.8 Å². The fourth-order valence-electron chi connectivity index (χ4n) is 4.25. The maximum atomic E-state index is 12.4. The fraction of sp³-hybridized carbons (Fsp3) is 0.619. The standard InChI is InChI=1S/C21H31N3O2/c1-3-24-15-16(13-20(24)25)14-23(2)21(26)22-19-11-9-18(10-12-19)17-7-5-4-6-8-17/h9-12,16-17H,3-8,13-15H2,1-2H3,(H,22,26)/t16-/m1/s1. The summed E-state index contributed by atoms with van der Waals surface area (Å²) in [7, 11) is 1.80. The van der Waals surface area contributed by atoms with Crippen LogP contribution in [0.2, 0.25) is 0 Å². The highest BCUT2D eigenvalue weighted by Gasteiger charge is 2.30. The van der Waals surface area contributed by atoms with E-state index in [1.54, 1.807) is 11.9 Å². The molecule has 1 aliphatic heterocycles. The van der Waals surface area contributed by atoms with Gasteiger partial charge in [0.2, 0.25) is 5.91 Å². The van der Waals surface area contributed by atoms with Crippen molar-refractivity contribution in [3.8, 4) is 0 Å². The van der Waals surface area contributed by atoms with Crippen molar-refractivity contribution < 1.29 is 9.59 Å². The van der Waals surface area contributed by atoms with Gasteiger partial charge in [-0.3, -0.25) is 4.79 Å². The second-order valence-corrected chi connectivity index (χ2v) is 7.77. The van der Waals surface area contributed by atoms with Gasteiger partial charge in [0.1, 0.15) is 0 Å². The zero-order chi connectivity index (χ0) is 18.5. The summed E-state index contributed by atoms with van der Waals surface area (Å²) in [5, 5.41) is 2.97. The molecule has 1 aromatic rings. The van der Waals surface area contributed by atoms with Crippen molar-refractivity contribution in [3.63, 3.8) is 0 Å². The first kappa shape index (κ1) is 18.7. The summed E-state index contributed by atoms with van der Waals surface area (Å²) >= 11 is 0. The Balaban J connectivity index is 1.50. The molecule has 3 rings (SSSR count). The van der Waals surface area contributed by atoms with E-state index in [1.165, 1.54) is 37.7 Å². The van der Waals surface area contributed by atoms with Crippen LogP contribution in [0.25, 0.3) is 0 Å². The third-order valence-corrected chi connectivity index (χ3v) is 5.79. The monoisotopic (exact) mass is 357 g/mol. The molecule has 3 amide bonds. The van der Waals surface area contributed by atoms with Crippen LogP contribution in [0.1, 0.15) is 56.9 Å². The SMILES string of the molecule is CCN1C[C@@H](CN(C)C(=O)Nc2ccc(C3CCCCC3)cc2)CC1=O. The van der Waals surface area contributed by atoms with E-state index in [2.05, 4.69) is 17.4 Å². The van der Waals surface area contributed by atoms with Crippen LogP contribution in [0.4, 0.5) is 10.5 Å². The molecule has 1 aromatic carbocycles. The Hall–Kier alpha value is -2.04. The highest BCUT2D eigenvalue weighted by Crippen LogP contribution is 2.33. The zero-order valence-corrected chi connectivity index (χ0v) is 16.0. The van der Waals surface area contributed by atoms with Gasteiger partial charge in [-0.05, 0) is 43.4 Å². The maximum Gasteiger partial charge on any atom is 0.321 e. The molecule has 1 atom stereocenters. The zero-order valence-electron chi connectivity index (χ0n) is 16.0. The number of hydrogen-bond donors (Lipinski definition) is 1. The number of urea groups is 1. The van der Waals surface area contributed by atoms with E-state index >= 15 is 0 Å². The Bertz CT molecular complexity index is 623. The summed E-state index contributed by atoms with van der Waals surface area (Å²) in [4.78, 5) is 27.8. The van der Waals surface area contributed by atoms with Crippen molar-refractivity contribution in [1.29, 1.82) is 0 Å². The van der Waals surface area contributed by atoms with Crippen molar-refractivity contribution >= 4 is 17.6 Å². The average Bonchev–Trinajstić information content (AvgIpc) is 3.02. The van der Waals surface area contributed by atoms with Crippen LogP contribution in [0, 0.1) is 5.92 Å². The molecule has 1 heterocycles. The first-order valence-corrected chi connectivity index (χ1v) is 9.96. The Morgan fingerprint density at radius 1 is 1.19 bits per heavy atom. The molecule has 142 valence electrons. The van der Waals surface area contributed by atoms with Crippen LogP contribution in [0.15, 0.2) is 24.3 Å². The van der Waals surface area contributed by atoms with Crippen LogP contribution in [-0.2, 0) is 4.79 Å². The number of nitrogens with one attached hydrogen (secondary N) is 1. The van der Waals surface area contributed by atoms with Crippen LogP contribution in [0.3, 0.4) is 0 Å². The fourth-order valence-corrected chi connectivity index (χ4v) is 4.25. The topological polar surface area (TPSA) is 52.6 Å². The third-order valence-electron chi connectivity index (χ3n) is 5.79. The van der Waals surface area contributed by atoms with Crippen molar-refractivity contribution in [1.82, 2.24) is 9.80 Å². The lowest BCUT2D eigenvalue weighted by Crippen LogP contribution is -2.36. The molecule has 2 fully saturated rings. The summed E-state index contributed by atoms with van der Waals surface area (Å²) in [6, 6.07) is 8.21. The van der Waals surface area contributed by atoms with Gasteiger partial charge in [0.05, 0.1) is 0 Å². The molecule has 1 saturated carbocycles. The summed E-state index contributed by atoms with van der Waals surface area (Å²) in [6.07, 6.45) is 7.12. The van der Waals surface area contributed by atoms with Gasteiger partial charge < -0.3 is 15.1 Å². The molecule has 1 saturated heterocycles. The van der Waals surface area contributed by atoms with Gasteiger partial charge in [0.15, 0.2) is 0 Å². The van der Waals surface area contributed by atoms with Crippen molar-refractivity contribution in [3.05, 3.63) is 29.8 Å². The van der Waals surface area contributed by atoms with E-state index in [-0.39, 0.29) is 17.9 Å². The number of benzene rings is 1. The van der Waals surface area contributed by atoms with E-state index in [4.69, 9.17) is 0 Å². The minimum Gasteiger partial charge on any atom is -0.343 e. The average molecular weight is 357 g/mol. The molecule has 0 spiro atoms. The molecule has 5 heteroatoms. The van der Waals surface area contributed by atoms with E-state index in [1.807, 2.05) is 24.0 Å². The summed E-state index contributed by atoms with van der Waals surface area (Å²) in [5.41, 5.74) is 2.22. The summed E-state index contributed by atoms with van der Waals surface area (Å²) in [6.45, 7) is 4.10. The predicted molar refractivity (Wildman–Crippen MR) is 104 cm³/mol. The molecular weight excluding hydrogens is 326 g/mol. The summed E-state index contributed by atoms with van der Waals surface area (Å²) < 4.78 is 0. The number of rotatable bonds is 5. The van der Waals surface area contributed by atoms with Crippen LogP contribution in [0.5, 0.6) is 0 Å². The Labute approximate surface area is 156 Å². The Morgan fingerprint density at radius 3 is 2.50 bits per heavy atom. The largest absolute Gasteiger partial charge is 0.343 e. The molecule has 0 unspecified atom stereocenters. The van der Waals surface area contributed by atoms with Crippen LogP contribution in [-0.4, -0.2) is 48.4 Å². The first-order chi connectivity index (χ1) is 12.6. The highest BCUT2D eigenvalue weighted by molar-refractivity contribution is 5.89. The van der Waals surface area contributed by atoms with Gasteiger partial charge in [-0.2, -0.15) is 0 Å². The summed E-state index contributed by atoms with van der Waals surface area (Å²) in [5.74, 6) is 1.11. The molecule has 1 aliphatic carbocycles. The first-order valence-electron chi connectivity index (χ1n) is 9.96. The Kier molecular flexibility index (Phi) is 6.17. The number of likely N-dealkylation sites (tertiary alicyclic amines) is 1. The number of carbonyl (C=O) groups is 2. The number of hydrogen-bond acceptors (Lipinski definition) is 2. The second kappa shape index (κ2) is 8.56. The molecule has 26 heavy (non-hydrogen) atoms. The van der Waals surface area contributed by atoms with Crippen LogP contribution < -0.4 is 5.32 Å². The molecule has 5 nitrogen and oxygen atoms in total. The van der Waals surface area contributed by atoms with Gasteiger partial charge in [0.25, 0.3) is 0 Å². The lowest BCUT2D eigenvalue weighted by atomic mass is 9.84. The molecule has 0 aromatic heterocycles. The van der Waals surface area contributed by atoms with Gasteiger partial charge in [0, 0.05) is 44.7 Å². The van der Waals surface area contributed by atoms with Gasteiger partial charge >= 0.3 is 6.03 Å². The van der Waals surface area contributed by atoms with Crippen molar-refractivity contribution in [2.24, 2.45) is 5.92 Å². The van der Waals surface area contributed by atoms with Gasteiger partial charge in [-0.1, -0.05) is 31.4 Å². The molecule has 1 N–H and O–H groups in total. The quantitative estimate of drug-likeness (QED) is 0.864. The third kappa shape index (κ3) is 4.57. The lowest BCUT2D eigenvalue weighted by molar-refractivity contribution is -0.127. The minimum atomic E-state index is -0.113. The minimum absolute atomic E-state index is 0.113. The Morgan fingerprint density at radius 2 is 1.88 bits per heavy atom. The molecule has 0 radical (unpaired) electrons. The van der Waals surface area contributed by atoms with E-state index in [0.29, 0.717) is 18.9 Å². The molecule has 2 aliphatic rings. The second-order valence-electron chi connectivity index (χ2n) is 7.77. The predicted octanol–water partition coefficient (Wildman–Crippen LogP) is 4.07. The number of amides is 3.